The topological polar surface area (TPSA) is 12.0 Å². The zero-order valence-electron chi connectivity index (χ0n) is 11.2. The van der Waals surface area contributed by atoms with Gasteiger partial charge in [0.1, 0.15) is 0 Å². The molecule has 17 heavy (non-hydrogen) atoms. The molecule has 0 spiro atoms. The average molecular weight is 231 g/mol. The third-order valence-corrected chi connectivity index (χ3v) is 3.98. The standard InChI is InChI=1S/C16H25N/c1-3-15(12-14-7-5-4-6-8-14)17-16-10-9-13(2)11-16/h4-8,13,15-17H,3,9-12H2,1-2H3. The minimum atomic E-state index is 0.646. The Labute approximate surface area is 106 Å². The lowest BCUT2D eigenvalue weighted by atomic mass is 10.0. The van der Waals surface area contributed by atoms with E-state index in [1.54, 1.807) is 0 Å². The highest BCUT2D eigenvalue weighted by atomic mass is 15.0. The van der Waals surface area contributed by atoms with Gasteiger partial charge in [0, 0.05) is 12.1 Å². The molecule has 94 valence electrons. The minimum Gasteiger partial charge on any atom is -0.311 e. The Morgan fingerprint density at radius 3 is 2.59 bits per heavy atom. The van der Waals surface area contributed by atoms with Crippen molar-refractivity contribution in [2.75, 3.05) is 0 Å². The van der Waals surface area contributed by atoms with E-state index in [1.807, 2.05) is 0 Å². The molecule has 2 rings (SSSR count). The van der Waals surface area contributed by atoms with Crippen LogP contribution in [0.4, 0.5) is 0 Å². The maximum absolute atomic E-state index is 3.84. The monoisotopic (exact) mass is 231 g/mol. The molecular formula is C16H25N. The smallest absolute Gasteiger partial charge is 0.0107 e. The van der Waals surface area contributed by atoms with Crippen molar-refractivity contribution in [3.63, 3.8) is 0 Å². The Balaban J connectivity index is 1.85. The lowest BCUT2D eigenvalue weighted by Gasteiger charge is -2.22. The van der Waals surface area contributed by atoms with Crippen molar-refractivity contribution in [3.05, 3.63) is 35.9 Å². The van der Waals surface area contributed by atoms with Crippen molar-refractivity contribution >= 4 is 0 Å². The van der Waals surface area contributed by atoms with Crippen LogP contribution in [0.3, 0.4) is 0 Å². The summed E-state index contributed by atoms with van der Waals surface area (Å²) < 4.78 is 0. The van der Waals surface area contributed by atoms with Gasteiger partial charge >= 0.3 is 0 Å². The van der Waals surface area contributed by atoms with E-state index in [-0.39, 0.29) is 0 Å². The van der Waals surface area contributed by atoms with Crippen LogP contribution in [0.1, 0.15) is 45.1 Å². The van der Waals surface area contributed by atoms with Crippen molar-refractivity contribution < 1.29 is 0 Å². The van der Waals surface area contributed by atoms with Crippen LogP contribution in [0.15, 0.2) is 30.3 Å². The molecule has 3 atom stereocenters. The van der Waals surface area contributed by atoms with Crippen molar-refractivity contribution in [2.45, 2.75) is 58.0 Å². The number of hydrogen-bond donors (Lipinski definition) is 1. The molecule has 3 unspecified atom stereocenters. The largest absolute Gasteiger partial charge is 0.311 e. The molecule has 0 heterocycles. The molecule has 0 bridgehead atoms. The van der Waals surface area contributed by atoms with Gasteiger partial charge in [-0.15, -0.1) is 0 Å². The third kappa shape index (κ3) is 3.85. The SMILES string of the molecule is CCC(Cc1ccccc1)NC1CCC(C)C1. The van der Waals surface area contributed by atoms with Crippen LogP contribution >= 0.6 is 0 Å². The quantitative estimate of drug-likeness (QED) is 0.813. The molecule has 1 N–H and O–H groups in total. The summed E-state index contributed by atoms with van der Waals surface area (Å²) in [6, 6.07) is 12.3. The Hall–Kier alpha value is -0.820. The van der Waals surface area contributed by atoms with Gasteiger partial charge in [0.2, 0.25) is 0 Å². The summed E-state index contributed by atoms with van der Waals surface area (Å²) in [7, 11) is 0. The first-order chi connectivity index (χ1) is 8.28. The summed E-state index contributed by atoms with van der Waals surface area (Å²) in [4.78, 5) is 0. The first-order valence-corrected chi connectivity index (χ1v) is 7.08. The van der Waals surface area contributed by atoms with Gasteiger partial charge in [-0.2, -0.15) is 0 Å². The summed E-state index contributed by atoms with van der Waals surface area (Å²) in [5, 5.41) is 3.84. The van der Waals surface area contributed by atoms with Gasteiger partial charge in [0.25, 0.3) is 0 Å². The van der Waals surface area contributed by atoms with Crippen LogP contribution in [-0.2, 0) is 6.42 Å². The lowest BCUT2D eigenvalue weighted by Crippen LogP contribution is -2.37. The predicted molar refractivity (Wildman–Crippen MR) is 74.2 cm³/mol. The molecule has 1 saturated carbocycles. The molecule has 1 nitrogen and oxygen atoms in total. The zero-order chi connectivity index (χ0) is 12.1. The second-order valence-corrected chi connectivity index (χ2v) is 5.58. The highest BCUT2D eigenvalue weighted by Crippen LogP contribution is 2.25. The Kier molecular flexibility index (Phi) is 4.61. The number of rotatable bonds is 5. The van der Waals surface area contributed by atoms with Crippen molar-refractivity contribution in [3.8, 4) is 0 Å². The van der Waals surface area contributed by atoms with E-state index in [2.05, 4.69) is 49.5 Å². The fourth-order valence-corrected chi connectivity index (χ4v) is 2.91. The molecule has 0 saturated heterocycles. The summed E-state index contributed by atoms with van der Waals surface area (Å²) in [5.74, 6) is 0.918. The van der Waals surface area contributed by atoms with Crippen LogP contribution in [0.5, 0.6) is 0 Å². The molecule has 1 fully saturated rings. The fourth-order valence-electron chi connectivity index (χ4n) is 2.91. The zero-order valence-corrected chi connectivity index (χ0v) is 11.2. The van der Waals surface area contributed by atoms with E-state index in [9.17, 15) is 0 Å². The number of hydrogen-bond acceptors (Lipinski definition) is 1. The minimum absolute atomic E-state index is 0.646. The van der Waals surface area contributed by atoms with Gasteiger partial charge in [-0.1, -0.05) is 44.2 Å². The summed E-state index contributed by atoms with van der Waals surface area (Å²) in [6.07, 6.45) is 6.53. The molecule has 0 aromatic heterocycles. The van der Waals surface area contributed by atoms with Crippen LogP contribution in [0.25, 0.3) is 0 Å². The highest BCUT2D eigenvalue weighted by Gasteiger charge is 2.22. The molecule has 1 aromatic rings. The van der Waals surface area contributed by atoms with Crippen LogP contribution in [-0.4, -0.2) is 12.1 Å². The van der Waals surface area contributed by atoms with Crippen molar-refractivity contribution in [1.82, 2.24) is 5.32 Å². The molecule has 1 aromatic carbocycles. The summed E-state index contributed by atoms with van der Waals surface area (Å²) in [5.41, 5.74) is 1.46. The van der Waals surface area contributed by atoms with E-state index in [1.165, 1.54) is 37.7 Å². The molecule has 0 radical (unpaired) electrons. The maximum atomic E-state index is 3.84. The van der Waals surface area contributed by atoms with E-state index in [0.29, 0.717) is 6.04 Å². The van der Waals surface area contributed by atoms with Gasteiger partial charge < -0.3 is 5.32 Å². The van der Waals surface area contributed by atoms with Gasteiger partial charge in [0.15, 0.2) is 0 Å². The molecule has 0 amide bonds. The fraction of sp³-hybridized carbons (Fsp3) is 0.625. The van der Waals surface area contributed by atoms with E-state index < -0.39 is 0 Å². The van der Waals surface area contributed by atoms with Crippen LogP contribution < -0.4 is 5.32 Å². The predicted octanol–water partition coefficient (Wildman–Crippen LogP) is 3.79. The van der Waals surface area contributed by atoms with Crippen LogP contribution in [0.2, 0.25) is 0 Å². The first kappa shape index (κ1) is 12.6. The van der Waals surface area contributed by atoms with E-state index >= 15 is 0 Å². The summed E-state index contributed by atoms with van der Waals surface area (Å²) >= 11 is 0. The highest BCUT2D eigenvalue weighted by molar-refractivity contribution is 5.15. The molecule has 1 aliphatic carbocycles. The second kappa shape index (κ2) is 6.20. The van der Waals surface area contributed by atoms with E-state index in [4.69, 9.17) is 0 Å². The molecule has 0 aliphatic heterocycles. The van der Waals surface area contributed by atoms with E-state index in [0.717, 1.165) is 12.0 Å². The van der Waals surface area contributed by atoms with Crippen molar-refractivity contribution in [2.24, 2.45) is 5.92 Å². The van der Waals surface area contributed by atoms with Crippen LogP contribution in [0, 0.1) is 5.92 Å². The lowest BCUT2D eigenvalue weighted by molar-refractivity contribution is 0.410. The maximum Gasteiger partial charge on any atom is 0.0107 e. The number of benzene rings is 1. The van der Waals surface area contributed by atoms with Gasteiger partial charge in [-0.3, -0.25) is 0 Å². The Morgan fingerprint density at radius 1 is 1.24 bits per heavy atom. The Bertz CT molecular complexity index is 320. The van der Waals surface area contributed by atoms with Gasteiger partial charge in [0.05, 0.1) is 0 Å². The second-order valence-electron chi connectivity index (χ2n) is 5.58. The number of nitrogens with one attached hydrogen (secondary N) is 1. The first-order valence-electron chi connectivity index (χ1n) is 7.08. The average Bonchev–Trinajstić information content (AvgIpc) is 2.75. The van der Waals surface area contributed by atoms with Crippen molar-refractivity contribution in [1.29, 1.82) is 0 Å². The Morgan fingerprint density at radius 2 is 2.00 bits per heavy atom. The molecule has 1 aliphatic rings. The summed E-state index contributed by atoms with van der Waals surface area (Å²) in [6.45, 7) is 4.67. The van der Waals surface area contributed by atoms with Gasteiger partial charge in [-0.25, -0.2) is 0 Å². The van der Waals surface area contributed by atoms with Gasteiger partial charge in [-0.05, 0) is 43.6 Å². The third-order valence-electron chi connectivity index (χ3n) is 3.98. The normalized spacial score (nSPS) is 26.0. The molecule has 1 heteroatoms. The molecular weight excluding hydrogens is 206 g/mol.